The van der Waals surface area contributed by atoms with E-state index in [9.17, 15) is 9.59 Å². The minimum Gasteiger partial charge on any atom is -0.486 e. The zero-order valence-corrected chi connectivity index (χ0v) is 13.8. The fourth-order valence-corrected chi connectivity index (χ4v) is 2.48. The van der Waals surface area contributed by atoms with Crippen LogP contribution in [0.1, 0.15) is 46.3 Å². The molecule has 0 bridgehead atoms. The molecule has 24 heavy (non-hydrogen) atoms. The Morgan fingerprint density at radius 2 is 1.88 bits per heavy atom. The molecule has 1 aromatic heterocycles. The first kappa shape index (κ1) is 16.0. The number of carbonyl (C=O) groups is 2. The number of aryl methyl sites for hydroxylation is 2. The number of ketones is 1. The van der Waals surface area contributed by atoms with Crippen LogP contribution in [0.2, 0.25) is 0 Å². The second kappa shape index (κ2) is 6.35. The Bertz CT molecular complexity index is 810. The van der Waals surface area contributed by atoms with Crippen molar-refractivity contribution in [3.8, 4) is 11.5 Å². The Balaban J connectivity index is 1.94. The second-order valence-electron chi connectivity index (χ2n) is 5.43. The van der Waals surface area contributed by atoms with Crippen molar-refractivity contribution in [1.29, 1.82) is 0 Å². The lowest BCUT2D eigenvalue weighted by molar-refractivity contribution is 0.0994. The lowest BCUT2D eigenvalue weighted by atomic mass is 10.1. The van der Waals surface area contributed by atoms with Crippen LogP contribution >= 0.6 is 0 Å². The number of nitrogens with one attached hydrogen (secondary N) is 1. The van der Waals surface area contributed by atoms with Gasteiger partial charge in [-0.1, -0.05) is 6.92 Å². The van der Waals surface area contributed by atoms with E-state index >= 15 is 0 Å². The summed E-state index contributed by atoms with van der Waals surface area (Å²) in [6.07, 6.45) is 0.594. The molecule has 3 rings (SSSR count). The van der Waals surface area contributed by atoms with Crippen LogP contribution in [0.15, 0.2) is 16.5 Å². The van der Waals surface area contributed by atoms with E-state index in [-0.39, 0.29) is 11.5 Å². The van der Waals surface area contributed by atoms with Crippen molar-refractivity contribution in [3.63, 3.8) is 0 Å². The number of hydrogen-bond donors (Lipinski definition) is 1. The Kier molecular flexibility index (Phi) is 4.24. The van der Waals surface area contributed by atoms with Gasteiger partial charge in [-0.05, 0) is 19.9 Å². The molecule has 0 fully saturated rings. The van der Waals surface area contributed by atoms with E-state index in [2.05, 4.69) is 10.3 Å². The third kappa shape index (κ3) is 2.97. The number of oxazole rings is 1. The van der Waals surface area contributed by atoms with Crippen LogP contribution in [-0.2, 0) is 6.42 Å². The van der Waals surface area contributed by atoms with E-state index in [1.807, 2.05) is 6.92 Å². The molecule has 2 aromatic rings. The summed E-state index contributed by atoms with van der Waals surface area (Å²) in [6.45, 7) is 5.86. The normalized spacial score (nSPS) is 12.8. The van der Waals surface area contributed by atoms with E-state index in [1.165, 1.54) is 6.92 Å². The first-order valence-electron chi connectivity index (χ1n) is 7.71. The first-order valence-corrected chi connectivity index (χ1v) is 7.71. The van der Waals surface area contributed by atoms with Gasteiger partial charge in [0.25, 0.3) is 5.91 Å². The highest BCUT2D eigenvalue weighted by molar-refractivity contribution is 6.08. The maximum atomic E-state index is 12.5. The average molecular weight is 330 g/mol. The van der Waals surface area contributed by atoms with Gasteiger partial charge >= 0.3 is 0 Å². The number of anilines is 1. The summed E-state index contributed by atoms with van der Waals surface area (Å²) in [6, 6.07) is 3.17. The van der Waals surface area contributed by atoms with Crippen molar-refractivity contribution in [1.82, 2.24) is 4.98 Å². The number of carbonyl (C=O) groups excluding carboxylic acids is 2. The largest absolute Gasteiger partial charge is 0.486 e. The molecule has 0 saturated carbocycles. The molecule has 1 amide bonds. The predicted molar refractivity (Wildman–Crippen MR) is 86.0 cm³/mol. The van der Waals surface area contributed by atoms with Gasteiger partial charge in [0.15, 0.2) is 23.2 Å². The first-order chi connectivity index (χ1) is 11.5. The SMILES string of the molecule is CCc1nc(C)c(C(=O)Nc2cc3c(cc2C(C)=O)OCCO3)o1. The van der Waals surface area contributed by atoms with Gasteiger partial charge in [-0.15, -0.1) is 0 Å². The number of benzene rings is 1. The molecule has 0 saturated heterocycles. The third-order valence-corrected chi connectivity index (χ3v) is 3.66. The Hall–Kier alpha value is -2.83. The number of aromatic nitrogens is 1. The highest BCUT2D eigenvalue weighted by atomic mass is 16.6. The Labute approximate surface area is 139 Å². The van der Waals surface area contributed by atoms with Crippen LogP contribution in [0.5, 0.6) is 11.5 Å². The predicted octanol–water partition coefficient (Wildman–Crippen LogP) is 2.77. The van der Waals surface area contributed by atoms with Crippen LogP contribution in [-0.4, -0.2) is 29.9 Å². The number of fused-ring (bicyclic) bond motifs is 1. The molecule has 7 nitrogen and oxygen atoms in total. The summed E-state index contributed by atoms with van der Waals surface area (Å²) < 4.78 is 16.4. The number of rotatable bonds is 4. The standard InChI is InChI=1S/C17H18N2O5/c1-4-15-18-9(2)16(24-15)17(21)19-12-8-14-13(22-5-6-23-14)7-11(12)10(3)20/h7-8H,4-6H2,1-3H3,(H,19,21). The van der Waals surface area contributed by atoms with Gasteiger partial charge < -0.3 is 19.2 Å². The summed E-state index contributed by atoms with van der Waals surface area (Å²) >= 11 is 0. The quantitative estimate of drug-likeness (QED) is 0.867. The topological polar surface area (TPSA) is 90.7 Å². The number of amides is 1. The zero-order valence-electron chi connectivity index (χ0n) is 13.8. The molecule has 7 heteroatoms. The minimum atomic E-state index is -0.459. The molecule has 1 aliphatic heterocycles. The van der Waals surface area contributed by atoms with Gasteiger partial charge in [0.05, 0.1) is 11.4 Å². The third-order valence-electron chi connectivity index (χ3n) is 3.66. The molecule has 1 aliphatic rings. The van der Waals surface area contributed by atoms with Crippen LogP contribution in [0.25, 0.3) is 0 Å². The summed E-state index contributed by atoms with van der Waals surface area (Å²) in [4.78, 5) is 28.6. The fourth-order valence-electron chi connectivity index (χ4n) is 2.48. The second-order valence-corrected chi connectivity index (χ2v) is 5.43. The minimum absolute atomic E-state index is 0.135. The van der Waals surface area contributed by atoms with Crippen LogP contribution in [0.4, 0.5) is 5.69 Å². The number of ether oxygens (including phenoxy) is 2. The highest BCUT2D eigenvalue weighted by Crippen LogP contribution is 2.36. The average Bonchev–Trinajstić information content (AvgIpc) is 2.95. The number of nitrogens with zero attached hydrogens (tertiary/aromatic N) is 1. The summed E-state index contributed by atoms with van der Waals surface area (Å²) in [5.74, 6) is 0.964. The van der Waals surface area contributed by atoms with E-state index in [0.717, 1.165) is 0 Å². The zero-order chi connectivity index (χ0) is 17.3. The van der Waals surface area contributed by atoms with Crippen molar-refractivity contribution in [2.24, 2.45) is 0 Å². The monoisotopic (exact) mass is 330 g/mol. The molecule has 1 N–H and O–H groups in total. The van der Waals surface area contributed by atoms with Gasteiger partial charge in [-0.25, -0.2) is 4.98 Å². The molecule has 0 atom stereocenters. The molecule has 2 heterocycles. The summed E-state index contributed by atoms with van der Waals surface area (Å²) in [7, 11) is 0. The van der Waals surface area contributed by atoms with Gasteiger partial charge in [-0.3, -0.25) is 9.59 Å². The molecule has 0 unspecified atom stereocenters. The molecular weight excluding hydrogens is 312 g/mol. The molecule has 1 aromatic carbocycles. The van der Waals surface area contributed by atoms with Gasteiger partial charge in [-0.2, -0.15) is 0 Å². The van der Waals surface area contributed by atoms with Crippen molar-refractivity contribution >= 4 is 17.4 Å². The van der Waals surface area contributed by atoms with Crippen LogP contribution in [0, 0.1) is 6.92 Å². The lowest BCUT2D eigenvalue weighted by Crippen LogP contribution is -2.18. The van der Waals surface area contributed by atoms with Gasteiger partial charge in [0, 0.05) is 18.1 Å². The van der Waals surface area contributed by atoms with Crippen molar-refractivity contribution in [2.45, 2.75) is 27.2 Å². The van der Waals surface area contributed by atoms with Crippen molar-refractivity contribution < 1.29 is 23.5 Å². The van der Waals surface area contributed by atoms with Crippen molar-refractivity contribution in [2.75, 3.05) is 18.5 Å². The molecular formula is C17H18N2O5. The smallest absolute Gasteiger partial charge is 0.293 e. The van der Waals surface area contributed by atoms with E-state index < -0.39 is 5.91 Å². The molecule has 0 radical (unpaired) electrons. The van der Waals surface area contributed by atoms with E-state index in [1.54, 1.807) is 19.1 Å². The van der Waals surface area contributed by atoms with Gasteiger partial charge in [0.1, 0.15) is 13.2 Å². The summed E-state index contributed by atoms with van der Waals surface area (Å²) in [5, 5.41) is 2.71. The highest BCUT2D eigenvalue weighted by Gasteiger charge is 2.22. The Morgan fingerprint density at radius 1 is 1.21 bits per heavy atom. The summed E-state index contributed by atoms with van der Waals surface area (Å²) in [5.41, 5.74) is 1.21. The van der Waals surface area contributed by atoms with Crippen molar-refractivity contribution in [3.05, 3.63) is 35.0 Å². The van der Waals surface area contributed by atoms with Crippen LogP contribution in [0.3, 0.4) is 0 Å². The fraction of sp³-hybridized carbons (Fsp3) is 0.353. The molecule has 0 spiro atoms. The van der Waals surface area contributed by atoms with E-state index in [4.69, 9.17) is 13.9 Å². The maximum absolute atomic E-state index is 12.5. The lowest BCUT2D eigenvalue weighted by Gasteiger charge is -2.20. The molecule has 126 valence electrons. The van der Waals surface area contributed by atoms with Crippen LogP contribution < -0.4 is 14.8 Å². The molecule has 0 aliphatic carbocycles. The number of Topliss-reactive ketones (excluding diaryl/α,β-unsaturated/α-hetero) is 1. The Morgan fingerprint density at radius 3 is 2.46 bits per heavy atom. The van der Waals surface area contributed by atoms with E-state index in [0.29, 0.717) is 54.0 Å². The maximum Gasteiger partial charge on any atom is 0.293 e. The number of hydrogen-bond acceptors (Lipinski definition) is 6. The van der Waals surface area contributed by atoms with Gasteiger partial charge in [0.2, 0.25) is 5.76 Å².